The van der Waals surface area contributed by atoms with E-state index < -0.39 is 11.0 Å². The van der Waals surface area contributed by atoms with Crippen LogP contribution in [0.1, 0.15) is 11.7 Å². The van der Waals surface area contributed by atoms with Crippen LogP contribution in [0, 0.1) is 21.4 Å². The third kappa shape index (κ3) is 2.06. The quantitative estimate of drug-likeness (QED) is 0.540. The maximum Gasteiger partial charge on any atom is 0.269 e. The number of benzene rings is 1. The summed E-state index contributed by atoms with van der Waals surface area (Å²) in [6.07, 6.45) is -0.755. The number of hydrogen-bond acceptors (Lipinski definition) is 4. The van der Waals surface area contributed by atoms with E-state index in [0.29, 0.717) is 5.56 Å². The summed E-state index contributed by atoms with van der Waals surface area (Å²) in [6.45, 7) is 0. The van der Waals surface area contributed by atoms with Crippen LogP contribution >= 0.6 is 0 Å². The van der Waals surface area contributed by atoms with Gasteiger partial charge >= 0.3 is 0 Å². The van der Waals surface area contributed by atoms with Crippen molar-refractivity contribution in [1.29, 1.82) is 5.26 Å². The van der Waals surface area contributed by atoms with Crippen molar-refractivity contribution in [2.24, 2.45) is 0 Å². The van der Waals surface area contributed by atoms with Crippen LogP contribution in [0.25, 0.3) is 0 Å². The molecule has 0 fully saturated rings. The van der Waals surface area contributed by atoms with Crippen LogP contribution in [0.4, 0.5) is 5.69 Å². The first-order chi connectivity index (χ1) is 6.69. The summed E-state index contributed by atoms with van der Waals surface area (Å²) in [5.74, 6) is 0. The van der Waals surface area contributed by atoms with Crippen LogP contribution in [0.15, 0.2) is 24.3 Å². The molecular weight excluding hydrogens is 184 g/mol. The smallest absolute Gasteiger partial charge is 0.269 e. The minimum atomic E-state index is -0.755. The number of nitro benzene ring substituents is 1. The molecule has 1 aromatic rings. The van der Waals surface area contributed by atoms with Crippen molar-refractivity contribution in [3.63, 3.8) is 0 Å². The van der Waals surface area contributed by atoms with Gasteiger partial charge in [0.25, 0.3) is 5.69 Å². The zero-order valence-corrected chi connectivity index (χ0v) is 7.51. The number of nitriles is 1. The number of nitrogens with zero attached hydrogens (tertiary/aromatic N) is 2. The highest BCUT2D eigenvalue weighted by Gasteiger charge is 2.12. The number of non-ortho nitro benzene ring substituents is 1. The first-order valence-electron chi connectivity index (χ1n) is 3.86. The van der Waals surface area contributed by atoms with Gasteiger partial charge in [0.2, 0.25) is 0 Å². The van der Waals surface area contributed by atoms with Gasteiger partial charge in [-0.15, -0.1) is 0 Å². The summed E-state index contributed by atoms with van der Waals surface area (Å²) < 4.78 is 4.84. The van der Waals surface area contributed by atoms with Gasteiger partial charge in [-0.3, -0.25) is 10.1 Å². The molecule has 0 N–H and O–H groups in total. The topological polar surface area (TPSA) is 76.2 Å². The Bertz CT molecular complexity index is 384. The van der Waals surface area contributed by atoms with Crippen LogP contribution < -0.4 is 0 Å². The minimum Gasteiger partial charge on any atom is -0.362 e. The van der Waals surface area contributed by atoms with Gasteiger partial charge in [0, 0.05) is 24.8 Å². The van der Waals surface area contributed by atoms with Crippen molar-refractivity contribution >= 4 is 5.69 Å². The van der Waals surface area contributed by atoms with Crippen molar-refractivity contribution in [3.05, 3.63) is 39.9 Å². The summed E-state index contributed by atoms with van der Waals surface area (Å²) in [5, 5.41) is 19.1. The van der Waals surface area contributed by atoms with E-state index in [2.05, 4.69) is 0 Å². The molecule has 0 aromatic heterocycles. The van der Waals surface area contributed by atoms with Gasteiger partial charge in [-0.25, -0.2) is 0 Å². The Labute approximate surface area is 80.7 Å². The molecule has 0 saturated carbocycles. The van der Waals surface area contributed by atoms with Crippen LogP contribution in [0.3, 0.4) is 0 Å². The lowest BCUT2D eigenvalue weighted by molar-refractivity contribution is -0.385. The van der Waals surface area contributed by atoms with E-state index in [0.717, 1.165) is 0 Å². The summed E-state index contributed by atoms with van der Waals surface area (Å²) in [7, 11) is 1.38. The van der Waals surface area contributed by atoms with E-state index in [1.165, 1.54) is 25.3 Å². The van der Waals surface area contributed by atoms with Gasteiger partial charge in [0.1, 0.15) is 0 Å². The Morgan fingerprint density at radius 3 is 2.86 bits per heavy atom. The second-order valence-corrected chi connectivity index (χ2v) is 2.60. The van der Waals surface area contributed by atoms with E-state index in [9.17, 15) is 10.1 Å². The molecule has 1 aromatic carbocycles. The van der Waals surface area contributed by atoms with Crippen molar-refractivity contribution in [2.75, 3.05) is 7.11 Å². The second-order valence-electron chi connectivity index (χ2n) is 2.60. The van der Waals surface area contributed by atoms with Crippen molar-refractivity contribution < 1.29 is 9.66 Å². The SMILES string of the molecule is COC(C#N)c1cccc([N+](=O)[O-])c1. The summed E-state index contributed by atoms with van der Waals surface area (Å²) in [6, 6.07) is 7.73. The fourth-order valence-corrected chi connectivity index (χ4v) is 1.06. The molecule has 0 spiro atoms. The zero-order valence-electron chi connectivity index (χ0n) is 7.51. The Kier molecular flexibility index (Phi) is 3.15. The third-order valence-electron chi connectivity index (χ3n) is 1.74. The van der Waals surface area contributed by atoms with Crippen molar-refractivity contribution in [3.8, 4) is 6.07 Å². The molecule has 0 aliphatic carbocycles. The number of rotatable bonds is 3. The molecule has 0 aliphatic rings. The lowest BCUT2D eigenvalue weighted by Crippen LogP contribution is -1.98. The highest BCUT2D eigenvalue weighted by Crippen LogP contribution is 2.20. The molecule has 1 atom stereocenters. The van der Waals surface area contributed by atoms with Gasteiger partial charge in [-0.05, 0) is 0 Å². The number of methoxy groups -OCH3 is 1. The summed E-state index contributed by atoms with van der Waals surface area (Å²) >= 11 is 0. The highest BCUT2D eigenvalue weighted by molar-refractivity contribution is 5.36. The molecule has 0 bridgehead atoms. The maximum absolute atomic E-state index is 10.4. The fourth-order valence-electron chi connectivity index (χ4n) is 1.06. The Morgan fingerprint density at radius 1 is 1.64 bits per heavy atom. The van der Waals surface area contributed by atoms with Crippen molar-refractivity contribution in [1.82, 2.24) is 0 Å². The third-order valence-corrected chi connectivity index (χ3v) is 1.74. The van der Waals surface area contributed by atoms with E-state index >= 15 is 0 Å². The second kappa shape index (κ2) is 4.35. The van der Waals surface area contributed by atoms with Crippen LogP contribution in [-0.4, -0.2) is 12.0 Å². The minimum absolute atomic E-state index is 0.0419. The molecule has 0 aliphatic heterocycles. The summed E-state index contributed by atoms with van der Waals surface area (Å²) in [4.78, 5) is 9.93. The lowest BCUT2D eigenvalue weighted by atomic mass is 10.1. The fraction of sp³-hybridized carbons (Fsp3) is 0.222. The summed E-state index contributed by atoms with van der Waals surface area (Å²) in [5.41, 5.74) is 0.448. The predicted octanol–water partition coefficient (Wildman–Crippen LogP) is 1.81. The van der Waals surface area contributed by atoms with Gasteiger partial charge in [-0.1, -0.05) is 12.1 Å². The molecule has 72 valence electrons. The van der Waals surface area contributed by atoms with Crippen LogP contribution in [0.5, 0.6) is 0 Å². The Balaban J connectivity index is 3.06. The average molecular weight is 192 g/mol. The first kappa shape index (κ1) is 10.2. The Morgan fingerprint density at radius 2 is 2.36 bits per heavy atom. The highest BCUT2D eigenvalue weighted by atomic mass is 16.6. The monoisotopic (exact) mass is 192 g/mol. The Hall–Kier alpha value is -1.93. The van der Waals surface area contributed by atoms with Gasteiger partial charge in [-0.2, -0.15) is 5.26 Å². The van der Waals surface area contributed by atoms with E-state index in [1.807, 2.05) is 6.07 Å². The normalized spacial score (nSPS) is 11.7. The molecule has 14 heavy (non-hydrogen) atoms. The standard InChI is InChI=1S/C9H8N2O3/c1-14-9(6-10)7-3-2-4-8(5-7)11(12)13/h2-5,9H,1H3. The van der Waals surface area contributed by atoms with E-state index in [4.69, 9.17) is 10.00 Å². The lowest BCUT2D eigenvalue weighted by Gasteiger charge is -2.05. The molecule has 5 nitrogen and oxygen atoms in total. The zero-order chi connectivity index (χ0) is 10.6. The number of ether oxygens (including phenoxy) is 1. The largest absolute Gasteiger partial charge is 0.362 e. The van der Waals surface area contributed by atoms with Crippen molar-refractivity contribution in [2.45, 2.75) is 6.10 Å². The average Bonchev–Trinajstić information content (AvgIpc) is 2.20. The van der Waals surface area contributed by atoms with Crippen LogP contribution in [0.2, 0.25) is 0 Å². The van der Waals surface area contributed by atoms with Gasteiger partial charge in [0.05, 0.1) is 11.0 Å². The molecule has 5 heteroatoms. The number of nitro groups is 1. The first-order valence-corrected chi connectivity index (χ1v) is 3.86. The van der Waals surface area contributed by atoms with E-state index in [1.54, 1.807) is 6.07 Å². The number of hydrogen-bond donors (Lipinski definition) is 0. The predicted molar refractivity (Wildman–Crippen MR) is 48.5 cm³/mol. The van der Waals surface area contributed by atoms with Gasteiger partial charge < -0.3 is 4.74 Å². The molecular formula is C9H8N2O3. The van der Waals surface area contributed by atoms with E-state index in [-0.39, 0.29) is 5.69 Å². The molecule has 0 radical (unpaired) electrons. The molecule has 0 amide bonds. The van der Waals surface area contributed by atoms with Gasteiger partial charge in [0.15, 0.2) is 6.10 Å². The van der Waals surface area contributed by atoms with Crippen LogP contribution in [-0.2, 0) is 4.74 Å². The molecule has 0 heterocycles. The molecule has 1 unspecified atom stereocenters. The molecule has 0 saturated heterocycles. The maximum atomic E-state index is 10.4. The molecule has 1 rings (SSSR count).